The summed E-state index contributed by atoms with van der Waals surface area (Å²) in [5.74, 6) is 1.05. The van der Waals surface area contributed by atoms with Crippen LogP contribution in [0.4, 0.5) is 5.88 Å². The van der Waals surface area contributed by atoms with E-state index in [-0.39, 0.29) is 5.91 Å². The molecule has 2 atom stereocenters. The fraction of sp³-hybridized carbons (Fsp3) is 0.412. The maximum Gasteiger partial charge on any atom is 0.240 e. The lowest BCUT2D eigenvalue weighted by molar-refractivity contribution is -0.117. The van der Waals surface area contributed by atoms with Gasteiger partial charge in [-0.2, -0.15) is 0 Å². The van der Waals surface area contributed by atoms with E-state index >= 15 is 0 Å². The molecular weight excluding hydrogens is 292 g/mol. The number of nitrogens with zero attached hydrogens (tertiary/aromatic N) is 2. The molecule has 0 spiro atoms. The van der Waals surface area contributed by atoms with Gasteiger partial charge in [0.05, 0.1) is 12.2 Å². The Kier molecular flexibility index (Phi) is 4.73. The smallest absolute Gasteiger partial charge is 0.240 e. The van der Waals surface area contributed by atoms with Gasteiger partial charge in [0.1, 0.15) is 0 Å². The summed E-state index contributed by atoms with van der Waals surface area (Å²) in [7, 11) is 0. The molecular formula is C17H22N4O2. The Balaban J connectivity index is 1.60. The van der Waals surface area contributed by atoms with Gasteiger partial charge in [-0.1, -0.05) is 35.5 Å². The molecule has 0 radical (unpaired) electrons. The number of benzene rings is 1. The van der Waals surface area contributed by atoms with E-state index in [1.54, 1.807) is 6.07 Å². The number of rotatable bonds is 5. The molecule has 6 nitrogen and oxygen atoms in total. The van der Waals surface area contributed by atoms with Gasteiger partial charge in [0, 0.05) is 25.1 Å². The number of likely N-dealkylation sites (tertiary alicyclic amines) is 1. The van der Waals surface area contributed by atoms with E-state index in [1.807, 2.05) is 25.1 Å². The third-order valence-electron chi connectivity index (χ3n) is 4.30. The highest BCUT2D eigenvalue weighted by atomic mass is 16.5. The zero-order valence-corrected chi connectivity index (χ0v) is 13.2. The molecule has 23 heavy (non-hydrogen) atoms. The van der Waals surface area contributed by atoms with Crippen LogP contribution in [0.5, 0.6) is 0 Å². The van der Waals surface area contributed by atoms with Gasteiger partial charge in [0.2, 0.25) is 11.8 Å². The van der Waals surface area contributed by atoms with Crippen LogP contribution in [-0.2, 0) is 4.79 Å². The summed E-state index contributed by atoms with van der Waals surface area (Å²) in [4.78, 5) is 14.3. The number of nitrogens with two attached hydrogens (primary N) is 1. The highest BCUT2D eigenvalue weighted by Gasteiger charge is 2.33. The molecule has 1 amide bonds. The predicted molar refractivity (Wildman–Crippen MR) is 88.0 cm³/mol. The molecule has 1 fully saturated rings. The van der Waals surface area contributed by atoms with Crippen LogP contribution in [0.25, 0.3) is 0 Å². The molecule has 1 aromatic carbocycles. The lowest BCUT2D eigenvalue weighted by Crippen LogP contribution is -2.32. The second kappa shape index (κ2) is 6.93. The van der Waals surface area contributed by atoms with Gasteiger partial charge in [0.25, 0.3) is 0 Å². The normalized spacial score (nSPS) is 21.5. The molecule has 3 N–H and O–H groups in total. The lowest BCUT2D eigenvalue weighted by Gasteiger charge is -2.16. The SMILES string of the molecule is Cc1cc(NC(=O)CN2C[C@@H](CN)[C@H](c3ccccc3)C2)on1. The molecule has 2 aromatic rings. The quantitative estimate of drug-likeness (QED) is 0.875. The Hall–Kier alpha value is -2.18. The van der Waals surface area contributed by atoms with E-state index in [9.17, 15) is 4.79 Å². The fourth-order valence-corrected chi connectivity index (χ4v) is 3.21. The first-order valence-electron chi connectivity index (χ1n) is 7.86. The van der Waals surface area contributed by atoms with Crippen molar-refractivity contribution in [3.05, 3.63) is 47.7 Å². The molecule has 1 aliphatic rings. The number of nitrogens with one attached hydrogen (secondary N) is 1. The summed E-state index contributed by atoms with van der Waals surface area (Å²) in [6, 6.07) is 12.1. The maximum absolute atomic E-state index is 12.1. The number of hydrogen-bond donors (Lipinski definition) is 2. The number of aromatic nitrogens is 1. The van der Waals surface area contributed by atoms with Crippen LogP contribution in [0.2, 0.25) is 0 Å². The van der Waals surface area contributed by atoms with E-state index in [0.717, 1.165) is 18.8 Å². The average molecular weight is 314 g/mol. The summed E-state index contributed by atoms with van der Waals surface area (Å²) in [6.07, 6.45) is 0. The van der Waals surface area contributed by atoms with E-state index in [0.29, 0.717) is 30.8 Å². The minimum atomic E-state index is -0.0920. The van der Waals surface area contributed by atoms with E-state index in [1.165, 1.54) is 5.56 Å². The van der Waals surface area contributed by atoms with Crippen LogP contribution in [-0.4, -0.2) is 42.1 Å². The third-order valence-corrected chi connectivity index (χ3v) is 4.30. The second-order valence-electron chi connectivity index (χ2n) is 6.09. The zero-order valence-electron chi connectivity index (χ0n) is 13.2. The minimum absolute atomic E-state index is 0.0920. The second-order valence-corrected chi connectivity index (χ2v) is 6.09. The van der Waals surface area contributed by atoms with Crippen molar-refractivity contribution in [3.63, 3.8) is 0 Å². The largest absolute Gasteiger partial charge is 0.338 e. The van der Waals surface area contributed by atoms with Crippen molar-refractivity contribution >= 4 is 11.8 Å². The van der Waals surface area contributed by atoms with Gasteiger partial charge in [-0.25, -0.2) is 0 Å². The van der Waals surface area contributed by atoms with Gasteiger partial charge in [0.15, 0.2) is 0 Å². The molecule has 122 valence electrons. The first-order valence-corrected chi connectivity index (χ1v) is 7.86. The molecule has 6 heteroatoms. The fourth-order valence-electron chi connectivity index (χ4n) is 3.21. The molecule has 0 aliphatic carbocycles. The molecule has 1 saturated heterocycles. The van der Waals surface area contributed by atoms with Crippen LogP contribution >= 0.6 is 0 Å². The van der Waals surface area contributed by atoms with Crippen molar-refractivity contribution in [2.24, 2.45) is 11.7 Å². The molecule has 1 aromatic heterocycles. The van der Waals surface area contributed by atoms with Crippen LogP contribution in [0.1, 0.15) is 17.2 Å². The van der Waals surface area contributed by atoms with Crippen molar-refractivity contribution in [2.45, 2.75) is 12.8 Å². The predicted octanol–water partition coefficient (Wildman–Crippen LogP) is 1.60. The number of carbonyl (C=O) groups is 1. The van der Waals surface area contributed by atoms with E-state index < -0.39 is 0 Å². The standard InChI is InChI=1S/C17H22N4O2/c1-12-7-17(23-20-12)19-16(22)11-21-9-14(8-18)15(10-21)13-5-3-2-4-6-13/h2-7,14-15H,8-11,18H2,1H3,(H,19,22)/t14-,15+/m1/s1. The summed E-state index contributed by atoms with van der Waals surface area (Å²) in [5, 5.41) is 6.49. The average Bonchev–Trinajstić information content (AvgIpc) is 3.14. The molecule has 2 heterocycles. The van der Waals surface area contributed by atoms with Crippen LogP contribution in [0, 0.1) is 12.8 Å². The molecule has 1 aliphatic heterocycles. The minimum Gasteiger partial charge on any atom is -0.338 e. The Bertz CT molecular complexity index is 656. The number of carbonyl (C=O) groups excluding carboxylic acids is 1. The highest BCUT2D eigenvalue weighted by molar-refractivity contribution is 5.91. The van der Waals surface area contributed by atoms with Gasteiger partial charge in [-0.3, -0.25) is 15.0 Å². The lowest BCUT2D eigenvalue weighted by atomic mass is 9.89. The van der Waals surface area contributed by atoms with E-state index in [2.05, 4.69) is 27.5 Å². The number of amides is 1. The molecule has 0 bridgehead atoms. The number of hydrogen-bond acceptors (Lipinski definition) is 5. The van der Waals surface area contributed by atoms with Crippen molar-refractivity contribution in [2.75, 3.05) is 31.5 Å². The van der Waals surface area contributed by atoms with Gasteiger partial charge in [-0.15, -0.1) is 0 Å². The summed E-state index contributed by atoms with van der Waals surface area (Å²) in [6.45, 7) is 4.45. The monoisotopic (exact) mass is 314 g/mol. The maximum atomic E-state index is 12.1. The number of aryl methyl sites for hydroxylation is 1. The Morgan fingerprint density at radius 2 is 2.17 bits per heavy atom. The number of anilines is 1. The Labute approximate surface area is 135 Å². The Morgan fingerprint density at radius 3 is 2.83 bits per heavy atom. The molecule has 0 saturated carbocycles. The highest BCUT2D eigenvalue weighted by Crippen LogP contribution is 2.31. The van der Waals surface area contributed by atoms with Crippen LogP contribution in [0.3, 0.4) is 0 Å². The van der Waals surface area contributed by atoms with E-state index in [4.69, 9.17) is 10.3 Å². The van der Waals surface area contributed by atoms with Gasteiger partial charge in [-0.05, 0) is 24.9 Å². The van der Waals surface area contributed by atoms with Gasteiger partial charge < -0.3 is 10.3 Å². The first kappa shape index (κ1) is 15.7. The zero-order chi connectivity index (χ0) is 16.2. The van der Waals surface area contributed by atoms with Crippen molar-refractivity contribution in [1.82, 2.24) is 10.1 Å². The van der Waals surface area contributed by atoms with Crippen molar-refractivity contribution in [3.8, 4) is 0 Å². The molecule has 3 rings (SSSR count). The summed E-state index contributed by atoms with van der Waals surface area (Å²) < 4.78 is 5.01. The third kappa shape index (κ3) is 3.78. The topological polar surface area (TPSA) is 84.4 Å². The summed E-state index contributed by atoms with van der Waals surface area (Å²) in [5.41, 5.74) is 7.96. The summed E-state index contributed by atoms with van der Waals surface area (Å²) >= 11 is 0. The van der Waals surface area contributed by atoms with Crippen LogP contribution in [0.15, 0.2) is 40.9 Å². The Morgan fingerprint density at radius 1 is 1.39 bits per heavy atom. The van der Waals surface area contributed by atoms with Crippen LogP contribution < -0.4 is 11.1 Å². The van der Waals surface area contributed by atoms with Gasteiger partial charge >= 0.3 is 0 Å². The van der Waals surface area contributed by atoms with Crippen molar-refractivity contribution < 1.29 is 9.32 Å². The van der Waals surface area contributed by atoms with Crippen molar-refractivity contribution in [1.29, 1.82) is 0 Å². The first-order chi connectivity index (χ1) is 11.2. The molecule has 0 unspecified atom stereocenters.